The topological polar surface area (TPSA) is 174 Å². The summed E-state index contributed by atoms with van der Waals surface area (Å²) < 4.78 is 11.8. The Balaban J connectivity index is 0.000000332. The number of benzene rings is 1. The predicted octanol–water partition coefficient (Wildman–Crippen LogP) is 1.69. The fraction of sp³-hybridized carbons (Fsp3) is 0.615. The van der Waals surface area contributed by atoms with Crippen LogP contribution in [0.2, 0.25) is 0 Å². The first kappa shape index (κ1) is 30.8. The molecule has 1 unspecified atom stereocenters. The van der Waals surface area contributed by atoms with E-state index >= 15 is 0 Å². The highest BCUT2D eigenvalue weighted by molar-refractivity contribution is 5.88. The van der Waals surface area contributed by atoms with Gasteiger partial charge in [0.25, 0.3) is 0 Å². The van der Waals surface area contributed by atoms with Crippen LogP contribution in [0.15, 0.2) is 24.3 Å². The molecule has 0 saturated carbocycles. The van der Waals surface area contributed by atoms with E-state index in [1.807, 2.05) is 29.2 Å². The molecule has 12 heteroatoms. The SMILES string of the molecule is CC(=O)N1CCC(Oc2ccc(OCCCN3CCC[C@H]3C)cc2)C1.O=C(O)CC(O)(CC(=O)O)C(=O)O. The molecule has 2 atom stereocenters. The normalized spacial score (nSPS) is 19.4. The van der Waals surface area contributed by atoms with Crippen molar-refractivity contribution in [3.05, 3.63) is 24.3 Å². The lowest BCUT2D eigenvalue weighted by atomic mass is 9.96. The van der Waals surface area contributed by atoms with Crippen molar-refractivity contribution in [1.82, 2.24) is 9.80 Å². The Morgan fingerprint density at radius 3 is 2.05 bits per heavy atom. The van der Waals surface area contributed by atoms with Crippen molar-refractivity contribution in [3.8, 4) is 11.5 Å². The number of carboxylic acids is 3. The summed E-state index contributed by atoms with van der Waals surface area (Å²) >= 11 is 0. The number of likely N-dealkylation sites (tertiary alicyclic amines) is 2. The summed E-state index contributed by atoms with van der Waals surface area (Å²) in [5.41, 5.74) is -2.74. The van der Waals surface area contributed by atoms with Crippen molar-refractivity contribution in [2.24, 2.45) is 0 Å². The number of nitrogens with zero attached hydrogens (tertiary/aromatic N) is 2. The number of rotatable bonds is 12. The van der Waals surface area contributed by atoms with E-state index in [9.17, 15) is 19.2 Å². The molecular formula is C26H38N2O10. The highest BCUT2D eigenvalue weighted by atomic mass is 16.5. The van der Waals surface area contributed by atoms with Gasteiger partial charge in [-0.15, -0.1) is 0 Å². The number of amides is 1. The van der Waals surface area contributed by atoms with Crippen LogP contribution in [0.3, 0.4) is 0 Å². The monoisotopic (exact) mass is 538 g/mol. The fourth-order valence-corrected chi connectivity index (χ4v) is 4.41. The Labute approximate surface area is 221 Å². The van der Waals surface area contributed by atoms with Gasteiger partial charge in [-0.05, 0) is 57.0 Å². The van der Waals surface area contributed by atoms with Crippen molar-refractivity contribution in [2.75, 3.05) is 32.8 Å². The molecule has 2 aliphatic rings. The Morgan fingerprint density at radius 2 is 1.58 bits per heavy atom. The van der Waals surface area contributed by atoms with Crippen molar-refractivity contribution in [3.63, 3.8) is 0 Å². The molecule has 38 heavy (non-hydrogen) atoms. The molecule has 0 aromatic heterocycles. The third kappa shape index (κ3) is 10.2. The lowest BCUT2D eigenvalue weighted by Gasteiger charge is -2.20. The highest BCUT2D eigenvalue weighted by Gasteiger charge is 2.40. The largest absolute Gasteiger partial charge is 0.494 e. The Morgan fingerprint density at radius 1 is 0.974 bits per heavy atom. The van der Waals surface area contributed by atoms with Crippen LogP contribution >= 0.6 is 0 Å². The van der Waals surface area contributed by atoms with Gasteiger partial charge < -0.3 is 39.7 Å². The van der Waals surface area contributed by atoms with Gasteiger partial charge in [-0.3, -0.25) is 14.4 Å². The zero-order chi connectivity index (χ0) is 28.3. The summed E-state index contributed by atoms with van der Waals surface area (Å²) in [6.07, 6.45) is 2.42. The molecular weight excluding hydrogens is 500 g/mol. The number of hydrogen-bond donors (Lipinski definition) is 4. The van der Waals surface area contributed by atoms with E-state index < -0.39 is 36.4 Å². The van der Waals surface area contributed by atoms with Crippen molar-refractivity contribution >= 4 is 23.8 Å². The Kier molecular flexibility index (Phi) is 11.8. The zero-order valence-electron chi connectivity index (χ0n) is 21.9. The summed E-state index contributed by atoms with van der Waals surface area (Å²) in [6, 6.07) is 8.56. The van der Waals surface area contributed by atoms with Gasteiger partial charge in [0.1, 0.15) is 17.6 Å². The maximum atomic E-state index is 11.4. The molecule has 1 amide bonds. The van der Waals surface area contributed by atoms with Crippen LogP contribution in [0.5, 0.6) is 11.5 Å². The molecule has 2 saturated heterocycles. The smallest absolute Gasteiger partial charge is 0.336 e. The molecule has 2 aliphatic heterocycles. The molecule has 0 spiro atoms. The van der Waals surface area contributed by atoms with E-state index in [-0.39, 0.29) is 12.0 Å². The van der Waals surface area contributed by atoms with Crippen LogP contribution < -0.4 is 9.47 Å². The summed E-state index contributed by atoms with van der Waals surface area (Å²) in [5, 5.41) is 33.8. The standard InChI is InChI=1S/C20H30N2O3.C6H8O7/c1-16-5-3-11-21(16)12-4-14-24-18-6-8-19(9-7-18)25-20-10-13-22(15-20)17(2)23;7-3(8)1-6(13,5(11)12)2-4(9)10/h6-9,16,20H,3-5,10-15H2,1-2H3;13H,1-2H2,(H,7,8)(H,9,10)(H,11,12)/t16-,20?;/m1./s1. The van der Waals surface area contributed by atoms with Gasteiger partial charge in [-0.25, -0.2) is 4.79 Å². The molecule has 212 valence electrons. The number of carbonyl (C=O) groups excluding carboxylic acids is 1. The highest BCUT2D eigenvalue weighted by Crippen LogP contribution is 2.22. The number of aliphatic carboxylic acids is 3. The van der Waals surface area contributed by atoms with Crippen molar-refractivity contribution in [2.45, 2.75) is 70.1 Å². The van der Waals surface area contributed by atoms with Gasteiger partial charge in [0, 0.05) is 32.5 Å². The third-order valence-corrected chi connectivity index (χ3v) is 6.55. The average molecular weight is 539 g/mol. The number of aliphatic hydroxyl groups is 1. The first-order valence-corrected chi connectivity index (χ1v) is 12.7. The van der Waals surface area contributed by atoms with E-state index in [0.717, 1.165) is 50.1 Å². The summed E-state index contributed by atoms with van der Waals surface area (Å²) in [6.45, 7) is 8.50. The molecule has 12 nitrogen and oxygen atoms in total. The minimum absolute atomic E-state index is 0.0955. The van der Waals surface area contributed by atoms with E-state index in [4.69, 9.17) is 29.9 Å². The first-order chi connectivity index (χ1) is 17.9. The van der Waals surface area contributed by atoms with Gasteiger partial charge in [0.05, 0.1) is 26.0 Å². The lowest BCUT2D eigenvalue weighted by Crippen LogP contribution is -2.42. The first-order valence-electron chi connectivity index (χ1n) is 12.7. The number of ether oxygens (including phenoxy) is 2. The molecule has 1 aromatic carbocycles. The van der Waals surface area contributed by atoms with Crippen LogP contribution in [0.4, 0.5) is 0 Å². The van der Waals surface area contributed by atoms with Crippen LogP contribution in [0.1, 0.15) is 52.4 Å². The molecule has 0 aliphatic carbocycles. The summed E-state index contributed by atoms with van der Waals surface area (Å²) in [4.78, 5) is 46.2. The van der Waals surface area contributed by atoms with Crippen LogP contribution in [-0.2, 0) is 19.2 Å². The van der Waals surface area contributed by atoms with Crippen molar-refractivity contribution in [1.29, 1.82) is 0 Å². The molecule has 0 radical (unpaired) electrons. The van der Waals surface area contributed by atoms with E-state index in [2.05, 4.69) is 11.8 Å². The van der Waals surface area contributed by atoms with E-state index in [0.29, 0.717) is 6.54 Å². The van der Waals surface area contributed by atoms with Gasteiger partial charge in [0.2, 0.25) is 5.91 Å². The number of hydrogen-bond acceptors (Lipinski definition) is 8. The van der Waals surface area contributed by atoms with Crippen LogP contribution in [0.25, 0.3) is 0 Å². The quantitative estimate of drug-likeness (QED) is 0.285. The molecule has 0 bridgehead atoms. The molecule has 2 fully saturated rings. The maximum Gasteiger partial charge on any atom is 0.336 e. The van der Waals surface area contributed by atoms with Gasteiger partial charge in [-0.1, -0.05) is 0 Å². The molecule has 1 aromatic rings. The fourth-order valence-electron chi connectivity index (χ4n) is 4.41. The second kappa shape index (κ2) is 14.5. The second-order valence-corrected chi connectivity index (χ2v) is 9.67. The Hall–Kier alpha value is -3.38. The second-order valence-electron chi connectivity index (χ2n) is 9.67. The van der Waals surface area contributed by atoms with E-state index in [1.54, 1.807) is 6.92 Å². The minimum Gasteiger partial charge on any atom is -0.494 e. The average Bonchev–Trinajstić information content (AvgIpc) is 3.46. The van der Waals surface area contributed by atoms with Gasteiger partial charge >= 0.3 is 17.9 Å². The summed E-state index contributed by atoms with van der Waals surface area (Å²) in [5.74, 6) is -3.17. The molecule has 3 rings (SSSR count). The minimum atomic E-state index is -2.74. The maximum absolute atomic E-state index is 11.4. The molecule has 2 heterocycles. The van der Waals surface area contributed by atoms with Gasteiger partial charge in [-0.2, -0.15) is 0 Å². The van der Waals surface area contributed by atoms with Crippen LogP contribution in [0, 0.1) is 0 Å². The molecule has 4 N–H and O–H groups in total. The van der Waals surface area contributed by atoms with Crippen molar-refractivity contribution < 1.29 is 49.1 Å². The zero-order valence-corrected chi connectivity index (χ0v) is 21.9. The third-order valence-electron chi connectivity index (χ3n) is 6.55. The number of carboxylic acid groups (broad SMARTS) is 3. The predicted molar refractivity (Wildman–Crippen MR) is 135 cm³/mol. The van der Waals surface area contributed by atoms with Crippen LogP contribution in [-0.4, -0.2) is 105 Å². The lowest BCUT2D eigenvalue weighted by molar-refractivity contribution is -0.170. The number of carbonyl (C=O) groups is 4. The van der Waals surface area contributed by atoms with Gasteiger partial charge in [0.15, 0.2) is 5.60 Å². The van der Waals surface area contributed by atoms with E-state index in [1.165, 1.54) is 19.4 Å². The summed E-state index contributed by atoms with van der Waals surface area (Å²) in [7, 11) is 0. The Bertz CT molecular complexity index is 936.